The lowest BCUT2D eigenvalue weighted by Gasteiger charge is -2.07. The highest BCUT2D eigenvalue weighted by Gasteiger charge is 2.11. The third kappa shape index (κ3) is 3.99. The molecule has 0 bridgehead atoms. The Kier molecular flexibility index (Phi) is 5.41. The van der Waals surface area contributed by atoms with Gasteiger partial charge in [0.1, 0.15) is 11.5 Å². The molecule has 0 saturated heterocycles. The molecule has 0 radical (unpaired) electrons. The Morgan fingerprint density at radius 1 is 1.36 bits per heavy atom. The van der Waals surface area contributed by atoms with Crippen molar-refractivity contribution in [3.8, 4) is 11.5 Å². The Labute approximate surface area is 140 Å². The van der Waals surface area contributed by atoms with Crippen molar-refractivity contribution in [3.63, 3.8) is 0 Å². The van der Waals surface area contributed by atoms with Crippen LogP contribution in [0.2, 0.25) is 5.02 Å². The van der Waals surface area contributed by atoms with Crippen LogP contribution in [0.4, 0.5) is 0 Å². The molecule has 0 fully saturated rings. The minimum Gasteiger partial charge on any atom is -0.507 e. The molecule has 7 heteroatoms. The van der Waals surface area contributed by atoms with E-state index in [-0.39, 0.29) is 5.75 Å². The van der Waals surface area contributed by atoms with Gasteiger partial charge in [0, 0.05) is 15.1 Å². The first-order chi connectivity index (χ1) is 10.5. The molecule has 2 aromatic rings. The fourth-order valence-corrected chi connectivity index (χ4v) is 2.22. The summed E-state index contributed by atoms with van der Waals surface area (Å²) in [5.74, 6) is 0.0124. The van der Waals surface area contributed by atoms with Gasteiger partial charge in [0.2, 0.25) is 0 Å². The molecule has 22 heavy (non-hydrogen) atoms. The summed E-state index contributed by atoms with van der Waals surface area (Å²) in [4.78, 5) is 12.1. The molecule has 2 rings (SSSR count). The van der Waals surface area contributed by atoms with Gasteiger partial charge >= 0.3 is 0 Å². The van der Waals surface area contributed by atoms with Gasteiger partial charge in [-0.15, -0.1) is 0 Å². The van der Waals surface area contributed by atoms with Crippen molar-refractivity contribution in [2.75, 3.05) is 7.11 Å². The fraction of sp³-hybridized carbons (Fsp3) is 0.0667. The second-order valence-corrected chi connectivity index (χ2v) is 5.60. The molecule has 0 heterocycles. The predicted octanol–water partition coefficient (Wildman–Crippen LogP) is 3.58. The maximum Gasteiger partial charge on any atom is 0.275 e. The zero-order valence-corrected chi connectivity index (χ0v) is 13.9. The molecule has 5 nitrogen and oxygen atoms in total. The Balaban J connectivity index is 2.13. The van der Waals surface area contributed by atoms with Gasteiger partial charge in [-0.25, -0.2) is 5.43 Å². The number of carbonyl (C=O) groups is 1. The number of phenolic OH excluding ortho intramolecular Hbond substituents is 1. The van der Waals surface area contributed by atoms with Gasteiger partial charge in [-0.05, 0) is 36.4 Å². The van der Waals surface area contributed by atoms with Crippen molar-refractivity contribution in [1.82, 2.24) is 5.43 Å². The van der Waals surface area contributed by atoms with Crippen LogP contribution in [0.15, 0.2) is 46.0 Å². The van der Waals surface area contributed by atoms with Crippen LogP contribution in [0.5, 0.6) is 11.5 Å². The van der Waals surface area contributed by atoms with Crippen LogP contribution in [0.25, 0.3) is 0 Å². The van der Waals surface area contributed by atoms with Crippen LogP contribution in [0, 0.1) is 0 Å². The number of hydrazone groups is 1. The summed E-state index contributed by atoms with van der Waals surface area (Å²) in [5.41, 5.74) is 3.11. The number of aromatic hydroxyl groups is 1. The highest BCUT2D eigenvalue weighted by molar-refractivity contribution is 9.10. The summed E-state index contributed by atoms with van der Waals surface area (Å²) >= 11 is 9.13. The summed E-state index contributed by atoms with van der Waals surface area (Å²) in [7, 11) is 1.48. The maximum absolute atomic E-state index is 12.1. The number of halogens is 2. The van der Waals surface area contributed by atoms with E-state index in [0.717, 1.165) is 4.47 Å². The van der Waals surface area contributed by atoms with Crippen LogP contribution < -0.4 is 10.2 Å². The number of nitrogens with one attached hydrogen (secondary N) is 1. The van der Waals surface area contributed by atoms with E-state index in [1.165, 1.54) is 25.5 Å². The van der Waals surface area contributed by atoms with Gasteiger partial charge < -0.3 is 9.84 Å². The van der Waals surface area contributed by atoms with E-state index in [4.69, 9.17) is 16.3 Å². The minimum atomic E-state index is -0.429. The van der Waals surface area contributed by atoms with E-state index in [9.17, 15) is 9.90 Å². The van der Waals surface area contributed by atoms with Gasteiger partial charge in [-0.1, -0.05) is 27.5 Å². The van der Waals surface area contributed by atoms with Gasteiger partial charge in [0.25, 0.3) is 5.91 Å². The van der Waals surface area contributed by atoms with Gasteiger partial charge in [-0.2, -0.15) is 5.10 Å². The van der Waals surface area contributed by atoms with Crippen LogP contribution in [-0.4, -0.2) is 24.3 Å². The predicted molar refractivity (Wildman–Crippen MR) is 88.9 cm³/mol. The van der Waals surface area contributed by atoms with Crippen molar-refractivity contribution in [2.24, 2.45) is 5.10 Å². The van der Waals surface area contributed by atoms with Crippen molar-refractivity contribution >= 4 is 39.7 Å². The van der Waals surface area contributed by atoms with Crippen molar-refractivity contribution in [1.29, 1.82) is 0 Å². The molecule has 2 aromatic carbocycles. The average Bonchev–Trinajstić information content (AvgIpc) is 2.50. The van der Waals surface area contributed by atoms with E-state index in [1.54, 1.807) is 24.3 Å². The first kappa shape index (κ1) is 16.3. The van der Waals surface area contributed by atoms with Gasteiger partial charge in [0.05, 0.1) is 18.9 Å². The van der Waals surface area contributed by atoms with Crippen molar-refractivity contribution in [2.45, 2.75) is 0 Å². The molecule has 0 spiro atoms. The van der Waals surface area contributed by atoms with Gasteiger partial charge in [-0.3, -0.25) is 4.79 Å². The topological polar surface area (TPSA) is 70.9 Å². The maximum atomic E-state index is 12.1. The highest BCUT2D eigenvalue weighted by atomic mass is 79.9. The Morgan fingerprint density at radius 2 is 2.14 bits per heavy atom. The number of rotatable bonds is 4. The van der Waals surface area contributed by atoms with E-state index in [0.29, 0.717) is 21.9 Å². The minimum absolute atomic E-state index is 0.0172. The zero-order valence-electron chi connectivity index (χ0n) is 11.5. The smallest absolute Gasteiger partial charge is 0.275 e. The van der Waals surface area contributed by atoms with Crippen LogP contribution in [0.1, 0.15) is 15.9 Å². The quantitative estimate of drug-likeness (QED) is 0.626. The number of amides is 1. The first-order valence-corrected chi connectivity index (χ1v) is 7.34. The summed E-state index contributed by atoms with van der Waals surface area (Å²) in [6.45, 7) is 0. The first-order valence-electron chi connectivity index (χ1n) is 6.16. The Hall–Kier alpha value is -2.05. The lowest BCUT2D eigenvalue weighted by Crippen LogP contribution is -2.18. The number of methoxy groups -OCH3 is 1. The van der Waals surface area contributed by atoms with E-state index in [2.05, 4.69) is 26.5 Å². The number of benzene rings is 2. The average molecular weight is 384 g/mol. The molecule has 0 unspecified atom stereocenters. The molecule has 1 amide bonds. The summed E-state index contributed by atoms with van der Waals surface area (Å²) < 4.78 is 5.95. The normalized spacial score (nSPS) is 10.7. The number of phenols is 1. The Bertz CT molecular complexity index is 735. The summed E-state index contributed by atoms with van der Waals surface area (Å²) in [5, 5.41) is 13.9. The van der Waals surface area contributed by atoms with Crippen molar-refractivity contribution < 1.29 is 14.6 Å². The molecule has 114 valence electrons. The number of hydrogen-bond acceptors (Lipinski definition) is 4. The van der Waals surface area contributed by atoms with Crippen LogP contribution in [-0.2, 0) is 0 Å². The summed E-state index contributed by atoms with van der Waals surface area (Å²) in [6.07, 6.45) is 1.31. The molecule has 0 aliphatic carbocycles. The Morgan fingerprint density at radius 3 is 2.86 bits per heavy atom. The standard InChI is InChI=1S/C15H12BrClN2O3/c1-22-14-7-10(16)2-4-12(14)15(21)19-18-8-9-6-11(17)3-5-13(9)20/h2-8,20H,1H3,(H,19,21). The highest BCUT2D eigenvalue weighted by Crippen LogP contribution is 2.23. The lowest BCUT2D eigenvalue weighted by atomic mass is 10.2. The molecule has 0 aromatic heterocycles. The SMILES string of the molecule is COc1cc(Br)ccc1C(=O)NN=Cc1cc(Cl)ccc1O. The monoisotopic (exact) mass is 382 g/mol. The second-order valence-electron chi connectivity index (χ2n) is 4.25. The molecular weight excluding hydrogens is 372 g/mol. The second kappa shape index (κ2) is 7.29. The molecular formula is C15H12BrClN2O3. The third-order valence-corrected chi connectivity index (χ3v) is 3.50. The molecule has 0 atom stereocenters. The number of nitrogens with zero attached hydrogens (tertiary/aromatic N) is 1. The largest absolute Gasteiger partial charge is 0.507 e. The van der Waals surface area contributed by atoms with E-state index < -0.39 is 5.91 Å². The fourth-order valence-electron chi connectivity index (χ4n) is 1.70. The molecule has 0 aliphatic rings. The van der Waals surface area contributed by atoms with Crippen LogP contribution >= 0.6 is 27.5 Å². The summed E-state index contributed by atoms with van der Waals surface area (Å²) in [6, 6.07) is 9.56. The number of hydrogen-bond donors (Lipinski definition) is 2. The number of ether oxygens (including phenoxy) is 1. The molecule has 0 aliphatic heterocycles. The van der Waals surface area contributed by atoms with E-state index in [1.807, 2.05) is 0 Å². The van der Waals surface area contributed by atoms with Gasteiger partial charge in [0.15, 0.2) is 0 Å². The molecule has 0 saturated carbocycles. The lowest BCUT2D eigenvalue weighted by molar-refractivity contribution is 0.0952. The van der Waals surface area contributed by atoms with E-state index >= 15 is 0 Å². The number of carbonyl (C=O) groups excluding carboxylic acids is 1. The third-order valence-electron chi connectivity index (χ3n) is 2.77. The molecule has 2 N–H and O–H groups in total. The van der Waals surface area contributed by atoms with Crippen molar-refractivity contribution in [3.05, 3.63) is 57.0 Å². The zero-order chi connectivity index (χ0) is 16.1. The van der Waals surface area contributed by atoms with Crippen LogP contribution in [0.3, 0.4) is 0 Å².